The summed E-state index contributed by atoms with van der Waals surface area (Å²) in [5.41, 5.74) is 0.188. The van der Waals surface area contributed by atoms with Crippen LogP contribution in [-0.2, 0) is 4.74 Å². The molecule has 1 aromatic carbocycles. The SMILES string of the molecule is CNCC#Cc1ccc(C(=O)OC)cc1[N+](=O)[O-]. The minimum absolute atomic E-state index is 0.128. The van der Waals surface area contributed by atoms with E-state index in [2.05, 4.69) is 21.9 Å². The fraction of sp³-hybridized carbons (Fsp3) is 0.250. The largest absolute Gasteiger partial charge is 0.465 e. The average Bonchev–Trinajstić information content (AvgIpc) is 2.38. The van der Waals surface area contributed by atoms with Crippen molar-refractivity contribution in [3.8, 4) is 11.8 Å². The molecule has 0 aromatic heterocycles. The number of rotatable bonds is 3. The van der Waals surface area contributed by atoms with Crippen LogP contribution in [0.1, 0.15) is 15.9 Å². The van der Waals surface area contributed by atoms with Crippen molar-refractivity contribution in [2.75, 3.05) is 20.7 Å². The first-order valence-electron chi connectivity index (χ1n) is 5.10. The Balaban J connectivity index is 3.18. The number of carbonyl (C=O) groups is 1. The van der Waals surface area contributed by atoms with E-state index in [1.54, 1.807) is 7.05 Å². The fourth-order valence-electron chi connectivity index (χ4n) is 1.26. The Morgan fingerprint density at radius 2 is 2.28 bits per heavy atom. The monoisotopic (exact) mass is 248 g/mol. The second-order valence-electron chi connectivity index (χ2n) is 3.31. The standard InChI is InChI=1S/C12H12N2O4/c1-13-7-3-4-9-5-6-10(12(15)18-2)8-11(9)14(16)17/h5-6,8,13H,7H2,1-2H3. The highest BCUT2D eigenvalue weighted by molar-refractivity contribution is 5.90. The van der Waals surface area contributed by atoms with Crippen molar-refractivity contribution < 1.29 is 14.5 Å². The van der Waals surface area contributed by atoms with E-state index in [0.717, 1.165) is 6.07 Å². The molecule has 0 spiro atoms. The Morgan fingerprint density at radius 1 is 1.56 bits per heavy atom. The quantitative estimate of drug-likeness (QED) is 0.373. The van der Waals surface area contributed by atoms with Gasteiger partial charge >= 0.3 is 5.97 Å². The Bertz CT molecular complexity index is 529. The van der Waals surface area contributed by atoms with Gasteiger partial charge in [0.05, 0.1) is 24.1 Å². The number of carbonyl (C=O) groups excluding carboxylic acids is 1. The van der Waals surface area contributed by atoms with Crippen LogP contribution in [0.4, 0.5) is 5.69 Å². The molecule has 0 aliphatic rings. The number of nitro groups is 1. The van der Waals surface area contributed by atoms with Crippen molar-refractivity contribution in [1.82, 2.24) is 5.32 Å². The lowest BCUT2D eigenvalue weighted by Gasteiger charge is -2.00. The van der Waals surface area contributed by atoms with Crippen LogP contribution in [0.15, 0.2) is 18.2 Å². The molecule has 0 saturated carbocycles. The van der Waals surface area contributed by atoms with E-state index in [1.165, 1.54) is 19.2 Å². The lowest BCUT2D eigenvalue weighted by Crippen LogP contribution is -2.05. The van der Waals surface area contributed by atoms with E-state index in [4.69, 9.17) is 0 Å². The molecule has 0 radical (unpaired) electrons. The summed E-state index contributed by atoms with van der Waals surface area (Å²) in [6, 6.07) is 4.05. The smallest absolute Gasteiger partial charge is 0.338 e. The summed E-state index contributed by atoms with van der Waals surface area (Å²) in [4.78, 5) is 21.6. The normalized spacial score (nSPS) is 9.22. The zero-order chi connectivity index (χ0) is 13.5. The van der Waals surface area contributed by atoms with Gasteiger partial charge < -0.3 is 10.1 Å². The van der Waals surface area contributed by atoms with Gasteiger partial charge in [0.2, 0.25) is 0 Å². The summed E-state index contributed by atoms with van der Waals surface area (Å²) in [6.45, 7) is 0.426. The van der Waals surface area contributed by atoms with Crippen molar-refractivity contribution in [1.29, 1.82) is 0 Å². The van der Waals surface area contributed by atoms with Gasteiger partial charge in [0.15, 0.2) is 0 Å². The molecular formula is C12H12N2O4. The van der Waals surface area contributed by atoms with E-state index in [0.29, 0.717) is 6.54 Å². The highest BCUT2D eigenvalue weighted by Gasteiger charge is 2.16. The molecule has 94 valence electrons. The summed E-state index contributed by atoms with van der Waals surface area (Å²) >= 11 is 0. The molecule has 0 heterocycles. The summed E-state index contributed by atoms with van der Waals surface area (Å²) in [5.74, 6) is 4.78. The Kier molecular flexibility index (Phi) is 4.84. The molecule has 1 N–H and O–H groups in total. The maximum atomic E-state index is 11.3. The molecule has 0 fully saturated rings. The van der Waals surface area contributed by atoms with Crippen molar-refractivity contribution >= 4 is 11.7 Å². The van der Waals surface area contributed by atoms with Gasteiger partial charge in [-0.3, -0.25) is 10.1 Å². The topological polar surface area (TPSA) is 81.5 Å². The second kappa shape index (κ2) is 6.37. The van der Waals surface area contributed by atoms with Crippen molar-refractivity contribution in [2.24, 2.45) is 0 Å². The van der Waals surface area contributed by atoms with Crippen LogP contribution in [0.2, 0.25) is 0 Å². The van der Waals surface area contributed by atoms with Gasteiger partial charge in [-0.15, -0.1) is 0 Å². The van der Waals surface area contributed by atoms with Crippen LogP contribution in [0.5, 0.6) is 0 Å². The Labute approximate surface area is 104 Å². The van der Waals surface area contributed by atoms with E-state index < -0.39 is 10.9 Å². The Morgan fingerprint density at radius 3 is 2.83 bits per heavy atom. The molecule has 6 nitrogen and oxygen atoms in total. The molecule has 18 heavy (non-hydrogen) atoms. The first-order valence-corrected chi connectivity index (χ1v) is 5.10. The highest BCUT2D eigenvalue weighted by atomic mass is 16.6. The number of nitrogens with zero attached hydrogens (tertiary/aromatic N) is 1. The minimum atomic E-state index is -0.618. The summed E-state index contributed by atoms with van der Waals surface area (Å²) in [5, 5.41) is 13.7. The molecule has 1 rings (SSSR count). The second-order valence-corrected chi connectivity index (χ2v) is 3.31. The maximum Gasteiger partial charge on any atom is 0.338 e. The van der Waals surface area contributed by atoms with Gasteiger partial charge in [-0.1, -0.05) is 11.8 Å². The number of nitro benzene ring substituents is 1. The number of methoxy groups -OCH3 is 1. The summed E-state index contributed by atoms with van der Waals surface area (Å²) in [6.07, 6.45) is 0. The van der Waals surface area contributed by atoms with Crippen LogP contribution >= 0.6 is 0 Å². The molecular weight excluding hydrogens is 236 g/mol. The van der Waals surface area contributed by atoms with Crippen LogP contribution in [0.3, 0.4) is 0 Å². The van der Waals surface area contributed by atoms with Crippen LogP contribution in [0, 0.1) is 22.0 Å². The number of hydrogen-bond donors (Lipinski definition) is 1. The molecule has 0 atom stereocenters. The van der Waals surface area contributed by atoms with Crippen LogP contribution < -0.4 is 5.32 Å². The zero-order valence-electron chi connectivity index (χ0n) is 10.0. The Hall–Kier alpha value is -2.39. The molecule has 0 saturated heterocycles. The molecule has 0 aliphatic heterocycles. The number of nitrogens with one attached hydrogen (secondary N) is 1. The van der Waals surface area contributed by atoms with Gasteiger partial charge in [0, 0.05) is 6.07 Å². The van der Waals surface area contributed by atoms with Gasteiger partial charge in [-0.05, 0) is 19.2 Å². The molecule has 6 heteroatoms. The molecule has 0 amide bonds. The first-order chi connectivity index (χ1) is 8.60. The third-order valence-corrected chi connectivity index (χ3v) is 2.10. The minimum Gasteiger partial charge on any atom is -0.465 e. The lowest BCUT2D eigenvalue weighted by molar-refractivity contribution is -0.385. The van der Waals surface area contributed by atoms with E-state index >= 15 is 0 Å². The van der Waals surface area contributed by atoms with Crippen molar-refractivity contribution in [3.05, 3.63) is 39.4 Å². The first kappa shape index (κ1) is 13.7. The summed E-state index contributed by atoms with van der Waals surface area (Å²) < 4.78 is 4.50. The van der Waals surface area contributed by atoms with Gasteiger partial charge in [-0.25, -0.2) is 4.79 Å². The molecule has 0 unspecified atom stereocenters. The third kappa shape index (κ3) is 3.30. The lowest BCUT2D eigenvalue weighted by atomic mass is 10.1. The predicted octanol–water partition coefficient (Wildman–Crippen LogP) is 0.952. The number of esters is 1. The molecule has 1 aromatic rings. The highest BCUT2D eigenvalue weighted by Crippen LogP contribution is 2.19. The molecule has 0 bridgehead atoms. The van der Waals surface area contributed by atoms with Gasteiger partial charge in [0.25, 0.3) is 5.69 Å². The fourth-order valence-corrected chi connectivity index (χ4v) is 1.26. The van der Waals surface area contributed by atoms with Crippen LogP contribution in [0.25, 0.3) is 0 Å². The average molecular weight is 248 g/mol. The van der Waals surface area contributed by atoms with E-state index in [9.17, 15) is 14.9 Å². The van der Waals surface area contributed by atoms with E-state index in [-0.39, 0.29) is 16.8 Å². The zero-order valence-corrected chi connectivity index (χ0v) is 10.0. The molecule has 0 aliphatic carbocycles. The van der Waals surface area contributed by atoms with Crippen molar-refractivity contribution in [3.63, 3.8) is 0 Å². The number of ether oxygens (including phenoxy) is 1. The number of hydrogen-bond acceptors (Lipinski definition) is 5. The third-order valence-electron chi connectivity index (χ3n) is 2.10. The summed E-state index contributed by atoms with van der Waals surface area (Å²) in [7, 11) is 2.94. The van der Waals surface area contributed by atoms with Gasteiger partial charge in [0.1, 0.15) is 5.56 Å². The van der Waals surface area contributed by atoms with Crippen molar-refractivity contribution in [2.45, 2.75) is 0 Å². The number of benzene rings is 1. The van der Waals surface area contributed by atoms with E-state index in [1.807, 2.05) is 0 Å². The van der Waals surface area contributed by atoms with Crippen LogP contribution in [-0.4, -0.2) is 31.6 Å². The van der Waals surface area contributed by atoms with Gasteiger partial charge in [-0.2, -0.15) is 0 Å². The predicted molar refractivity (Wildman–Crippen MR) is 65.2 cm³/mol. The maximum absolute atomic E-state index is 11.3.